The van der Waals surface area contributed by atoms with Gasteiger partial charge in [-0.1, -0.05) is 43.2 Å². The Morgan fingerprint density at radius 1 is 1.04 bits per heavy atom. The Hall–Kier alpha value is -1.84. The predicted octanol–water partition coefficient (Wildman–Crippen LogP) is 0.485. The van der Waals surface area contributed by atoms with E-state index in [1.807, 2.05) is 11.0 Å². The van der Waals surface area contributed by atoms with Crippen molar-refractivity contribution >= 4 is 22.4 Å². The normalized spacial score (nSPS) is 20.7. The molecule has 0 spiro atoms. The number of nitrogens with zero attached hydrogens (tertiary/aromatic N) is 1. The number of benzene rings is 2. The molecule has 2 heterocycles. The standard InChI is InChI=1S/C23H28N2O.ClH/c1-23(2)16-20-18-10-6-5-9-17(18)11-12-19(20)21(24-23)15-22(26)25-13-7-3-4-8-14-25;/h5-6,9-12,15,24H,3-4,7-8,13-14,16H2,1-2H3;1H/b21-15-;. The molecule has 0 saturated carbocycles. The first-order chi connectivity index (χ1) is 12.5. The van der Waals surface area contributed by atoms with E-state index in [1.54, 1.807) is 0 Å². The van der Waals surface area contributed by atoms with Gasteiger partial charge in [0.15, 0.2) is 0 Å². The third-order valence-corrected chi connectivity index (χ3v) is 5.73. The number of amides is 1. The lowest BCUT2D eigenvalue weighted by atomic mass is 9.83. The van der Waals surface area contributed by atoms with Crippen molar-refractivity contribution in [2.24, 2.45) is 0 Å². The second kappa shape index (κ2) is 8.04. The monoisotopic (exact) mass is 384 g/mol. The third kappa shape index (κ3) is 4.20. The first-order valence-corrected chi connectivity index (χ1v) is 9.91. The largest absolute Gasteiger partial charge is 1.00 e. The molecule has 2 N–H and O–H groups in total. The molecule has 2 aromatic carbocycles. The minimum absolute atomic E-state index is 0. The summed E-state index contributed by atoms with van der Waals surface area (Å²) in [5, 5.41) is 4.89. The number of nitrogens with two attached hydrogens (primary N) is 1. The van der Waals surface area contributed by atoms with Crippen LogP contribution in [0.4, 0.5) is 0 Å². The smallest absolute Gasteiger partial charge is 0.252 e. The number of halogens is 1. The maximum atomic E-state index is 12.9. The molecule has 144 valence electrons. The van der Waals surface area contributed by atoms with Gasteiger partial charge in [-0.3, -0.25) is 4.79 Å². The quantitative estimate of drug-likeness (QED) is 0.714. The molecule has 0 atom stereocenters. The SMILES string of the molecule is CC1(C)Cc2c(ccc3ccccc23)/C(=C/C(=O)N2CCCCCC2)[NH2+]1.[Cl-]. The van der Waals surface area contributed by atoms with E-state index in [2.05, 4.69) is 55.6 Å². The van der Waals surface area contributed by atoms with E-state index in [9.17, 15) is 4.79 Å². The summed E-state index contributed by atoms with van der Waals surface area (Å²) >= 11 is 0. The van der Waals surface area contributed by atoms with Crippen molar-refractivity contribution < 1.29 is 22.5 Å². The summed E-state index contributed by atoms with van der Waals surface area (Å²) in [4.78, 5) is 15.0. The highest BCUT2D eigenvalue weighted by molar-refractivity contribution is 5.96. The third-order valence-electron chi connectivity index (χ3n) is 5.73. The van der Waals surface area contributed by atoms with Crippen LogP contribution in [0, 0.1) is 0 Å². The van der Waals surface area contributed by atoms with Crippen LogP contribution in [0.15, 0.2) is 42.5 Å². The highest BCUT2D eigenvalue weighted by Crippen LogP contribution is 2.31. The number of fused-ring (bicyclic) bond motifs is 3. The minimum atomic E-state index is 0. The summed E-state index contributed by atoms with van der Waals surface area (Å²) in [5.74, 6) is 0.176. The van der Waals surface area contributed by atoms with Gasteiger partial charge in [-0.2, -0.15) is 0 Å². The fourth-order valence-corrected chi connectivity index (χ4v) is 4.44. The molecule has 4 rings (SSSR count). The molecule has 0 radical (unpaired) electrons. The van der Waals surface area contributed by atoms with Crippen LogP contribution >= 0.6 is 0 Å². The lowest BCUT2D eigenvalue weighted by Crippen LogP contribution is -3.00. The van der Waals surface area contributed by atoms with E-state index >= 15 is 0 Å². The molecule has 3 nitrogen and oxygen atoms in total. The van der Waals surface area contributed by atoms with Crippen LogP contribution < -0.4 is 17.7 Å². The molecule has 1 saturated heterocycles. The van der Waals surface area contributed by atoms with E-state index in [1.165, 1.54) is 34.7 Å². The van der Waals surface area contributed by atoms with Gasteiger partial charge in [-0.15, -0.1) is 0 Å². The van der Waals surface area contributed by atoms with Crippen LogP contribution in [-0.2, 0) is 11.2 Å². The van der Waals surface area contributed by atoms with Crippen molar-refractivity contribution in [1.82, 2.24) is 4.90 Å². The van der Waals surface area contributed by atoms with Crippen molar-refractivity contribution in [2.75, 3.05) is 13.1 Å². The van der Waals surface area contributed by atoms with Crippen LogP contribution in [0.3, 0.4) is 0 Å². The van der Waals surface area contributed by atoms with Crippen molar-refractivity contribution in [1.29, 1.82) is 0 Å². The zero-order valence-electron chi connectivity index (χ0n) is 16.3. The molecular formula is C23H29ClN2O. The molecule has 2 aliphatic heterocycles. The molecule has 27 heavy (non-hydrogen) atoms. The summed E-state index contributed by atoms with van der Waals surface area (Å²) in [6.07, 6.45) is 7.65. The fourth-order valence-electron chi connectivity index (χ4n) is 4.44. The lowest BCUT2D eigenvalue weighted by molar-refractivity contribution is -0.641. The van der Waals surface area contributed by atoms with Crippen molar-refractivity contribution in [3.05, 3.63) is 53.6 Å². The van der Waals surface area contributed by atoms with E-state index in [0.29, 0.717) is 0 Å². The highest BCUT2D eigenvalue weighted by atomic mass is 35.5. The average Bonchev–Trinajstić information content (AvgIpc) is 2.90. The number of hydrogen-bond donors (Lipinski definition) is 1. The van der Waals surface area contributed by atoms with Gasteiger partial charge in [0.2, 0.25) is 0 Å². The van der Waals surface area contributed by atoms with Crippen molar-refractivity contribution in [3.8, 4) is 0 Å². The molecule has 4 heteroatoms. The Labute approximate surface area is 168 Å². The van der Waals surface area contributed by atoms with Gasteiger partial charge in [0.25, 0.3) is 5.91 Å². The number of carbonyl (C=O) groups is 1. The molecule has 2 aliphatic rings. The van der Waals surface area contributed by atoms with Gasteiger partial charge in [-0.05, 0) is 49.1 Å². The van der Waals surface area contributed by atoms with Crippen LogP contribution in [0.2, 0.25) is 0 Å². The number of likely N-dealkylation sites (tertiary alicyclic amines) is 1. The summed E-state index contributed by atoms with van der Waals surface area (Å²) in [7, 11) is 0. The van der Waals surface area contributed by atoms with Gasteiger partial charge in [-0.25, -0.2) is 0 Å². The summed E-state index contributed by atoms with van der Waals surface area (Å²) in [6.45, 7) is 6.33. The van der Waals surface area contributed by atoms with Crippen molar-refractivity contribution in [3.63, 3.8) is 0 Å². The predicted molar refractivity (Wildman–Crippen MR) is 107 cm³/mol. The summed E-state index contributed by atoms with van der Waals surface area (Å²) in [6, 6.07) is 13.0. The fraction of sp³-hybridized carbons (Fsp3) is 0.435. The Bertz CT molecular complexity index is 864. The van der Waals surface area contributed by atoms with Gasteiger partial charge in [0, 0.05) is 25.1 Å². The molecule has 1 fully saturated rings. The maximum absolute atomic E-state index is 12.9. The van der Waals surface area contributed by atoms with E-state index in [4.69, 9.17) is 0 Å². The van der Waals surface area contributed by atoms with Gasteiger partial charge in [0.1, 0.15) is 5.70 Å². The van der Waals surface area contributed by atoms with E-state index in [0.717, 1.165) is 38.0 Å². The summed E-state index contributed by atoms with van der Waals surface area (Å²) < 4.78 is 0. The number of carbonyl (C=O) groups excluding carboxylic acids is 1. The van der Waals surface area contributed by atoms with Crippen LogP contribution in [0.1, 0.15) is 50.7 Å². The topological polar surface area (TPSA) is 36.9 Å². The molecule has 0 aromatic heterocycles. The first kappa shape index (κ1) is 19.9. The Kier molecular flexibility index (Phi) is 5.92. The van der Waals surface area contributed by atoms with Gasteiger partial charge >= 0.3 is 0 Å². The zero-order chi connectivity index (χ0) is 18.1. The number of rotatable bonds is 1. The Morgan fingerprint density at radius 3 is 2.48 bits per heavy atom. The van der Waals surface area contributed by atoms with Gasteiger partial charge in [0.05, 0.1) is 11.6 Å². The van der Waals surface area contributed by atoms with E-state index in [-0.39, 0.29) is 23.9 Å². The van der Waals surface area contributed by atoms with Crippen LogP contribution in [0.5, 0.6) is 0 Å². The lowest BCUT2D eigenvalue weighted by Gasteiger charge is -2.32. The zero-order valence-corrected chi connectivity index (χ0v) is 17.1. The maximum Gasteiger partial charge on any atom is 0.252 e. The minimum Gasteiger partial charge on any atom is -1.00 e. The van der Waals surface area contributed by atoms with E-state index < -0.39 is 0 Å². The second-order valence-corrected chi connectivity index (χ2v) is 8.46. The summed E-state index contributed by atoms with van der Waals surface area (Å²) in [5.41, 5.74) is 3.76. The average molecular weight is 385 g/mol. The molecule has 0 aliphatic carbocycles. The highest BCUT2D eigenvalue weighted by Gasteiger charge is 2.34. The van der Waals surface area contributed by atoms with Crippen molar-refractivity contribution in [2.45, 2.75) is 51.5 Å². The first-order valence-electron chi connectivity index (χ1n) is 9.91. The van der Waals surface area contributed by atoms with Crippen LogP contribution in [-0.4, -0.2) is 29.4 Å². The molecule has 0 unspecified atom stereocenters. The molecule has 0 bridgehead atoms. The second-order valence-electron chi connectivity index (χ2n) is 8.46. The van der Waals surface area contributed by atoms with Gasteiger partial charge < -0.3 is 22.6 Å². The molecular weight excluding hydrogens is 356 g/mol. The Morgan fingerprint density at radius 2 is 1.74 bits per heavy atom. The van der Waals surface area contributed by atoms with Crippen LogP contribution in [0.25, 0.3) is 16.5 Å². The molecule has 1 amide bonds. The number of hydrogen-bond acceptors (Lipinski definition) is 1. The molecule has 2 aromatic rings. The Balaban J connectivity index is 0.00000210. The number of quaternary nitrogens is 1.